The van der Waals surface area contributed by atoms with Crippen LogP contribution in [-0.4, -0.2) is 109 Å². The van der Waals surface area contributed by atoms with E-state index in [9.17, 15) is 24.0 Å². The summed E-state index contributed by atoms with van der Waals surface area (Å²) in [6.07, 6.45) is 52.4. The SMILES string of the molecule is C=C(C)C(=O)OCCCc1cc(-c2ccc(OCCCCCCCCCC)cc2F)cc(CCCOC(=O)C(=C)C)c1OCCCCCCC1CO1.C=C(C)C(=O)OCCCc1cc(-c2ccc(OCCCCCCCCCC)cc2F)cc(CCCOC(=O)C(=C)C)c1OCCCCCCc1ccoc1.C=C(C)C(=O)OCCCc1cc(-c2ccc(OCCCCCCCCCC)cc2F)ccc1OCc1ccoc1.CC. The number of unbranched alkanes of at least 4 members (excludes halogenated alkanes) is 27. The highest BCUT2D eigenvalue weighted by atomic mass is 19.1. The first-order chi connectivity index (χ1) is 71.9. The lowest BCUT2D eigenvalue weighted by Gasteiger charge is -2.19. The molecule has 0 saturated carbocycles. The van der Waals surface area contributed by atoms with Gasteiger partial charge in [-0.15, -0.1) is 0 Å². The Kier molecular flexibility index (Phi) is 64.3. The number of hydrogen-bond acceptors (Lipinski definition) is 19. The second-order valence-corrected chi connectivity index (χ2v) is 38.6. The first kappa shape index (κ1) is 125. The van der Waals surface area contributed by atoms with E-state index in [1.807, 2.05) is 86.6 Å². The monoisotopic (exact) mass is 2050 g/mol. The molecule has 1 saturated heterocycles. The average molecular weight is 2050 g/mol. The molecule has 148 heavy (non-hydrogen) atoms. The zero-order valence-corrected chi connectivity index (χ0v) is 91.3. The minimum absolute atomic E-state index is 0.220. The number of carbonyl (C=O) groups excluding carboxylic acids is 5. The third kappa shape index (κ3) is 52.1. The van der Waals surface area contributed by atoms with Crippen molar-refractivity contribution in [2.24, 2.45) is 0 Å². The highest BCUT2D eigenvalue weighted by Crippen LogP contribution is 2.40. The number of ether oxygens (including phenoxy) is 12. The Hall–Kier alpha value is -11.5. The number of hydrogen-bond donors (Lipinski definition) is 0. The third-order valence-electron chi connectivity index (χ3n) is 25.2. The second-order valence-electron chi connectivity index (χ2n) is 38.6. The van der Waals surface area contributed by atoms with Crippen LogP contribution in [0.4, 0.5) is 13.2 Å². The van der Waals surface area contributed by atoms with Crippen molar-refractivity contribution < 1.29 is 103 Å². The van der Waals surface area contributed by atoms with E-state index in [0.29, 0.717) is 178 Å². The lowest BCUT2D eigenvalue weighted by molar-refractivity contribution is -0.139. The second kappa shape index (κ2) is 76.1. The van der Waals surface area contributed by atoms with E-state index in [1.54, 1.807) is 77.9 Å². The molecule has 814 valence electrons. The summed E-state index contributed by atoms with van der Waals surface area (Å²) in [6, 6.07) is 32.6. The molecule has 9 rings (SSSR count). The maximum Gasteiger partial charge on any atom is 0.333 e. The Labute approximate surface area is 884 Å². The molecule has 1 unspecified atom stereocenters. The molecule has 0 radical (unpaired) electrons. The summed E-state index contributed by atoms with van der Waals surface area (Å²) in [7, 11) is 0. The van der Waals surface area contributed by atoms with Crippen molar-refractivity contribution in [3.05, 3.63) is 251 Å². The van der Waals surface area contributed by atoms with Crippen molar-refractivity contribution in [2.45, 2.75) is 364 Å². The quantitative estimate of drug-likeness (QED) is 0.0113. The zero-order chi connectivity index (χ0) is 107. The van der Waals surface area contributed by atoms with Crippen LogP contribution in [-0.2, 0) is 97.5 Å². The predicted molar refractivity (Wildman–Crippen MR) is 589 cm³/mol. The number of rotatable bonds is 77. The van der Waals surface area contributed by atoms with Gasteiger partial charge in [0.25, 0.3) is 0 Å². The lowest BCUT2D eigenvalue weighted by Crippen LogP contribution is -2.10. The normalized spacial score (nSPS) is 11.7. The number of aryl methyl sites for hydroxylation is 6. The summed E-state index contributed by atoms with van der Waals surface area (Å²) in [5, 5.41) is 0. The molecule has 0 N–H and O–H groups in total. The molecule has 8 aromatic rings. The lowest BCUT2D eigenvalue weighted by atomic mass is 9.94. The number of esters is 5. The van der Waals surface area contributed by atoms with Crippen LogP contribution >= 0.6 is 0 Å². The van der Waals surface area contributed by atoms with Gasteiger partial charge < -0.3 is 65.7 Å². The number of epoxide rings is 1. The van der Waals surface area contributed by atoms with Crippen LogP contribution in [0, 0.1) is 17.5 Å². The van der Waals surface area contributed by atoms with Gasteiger partial charge in [-0.25, -0.2) is 37.1 Å². The molecule has 6 aromatic carbocycles. The third-order valence-corrected chi connectivity index (χ3v) is 25.2. The molecule has 1 aliphatic heterocycles. The van der Waals surface area contributed by atoms with Gasteiger partial charge in [0.1, 0.15) is 58.6 Å². The number of carbonyl (C=O) groups is 5. The minimum atomic E-state index is -0.426. The van der Waals surface area contributed by atoms with Gasteiger partial charge >= 0.3 is 29.8 Å². The fourth-order valence-electron chi connectivity index (χ4n) is 16.7. The molecular formula is C126H175F3O19. The van der Waals surface area contributed by atoms with E-state index in [2.05, 4.69) is 53.7 Å². The highest BCUT2D eigenvalue weighted by Gasteiger charge is 2.24. The fourth-order valence-corrected chi connectivity index (χ4v) is 16.7. The van der Waals surface area contributed by atoms with Crippen LogP contribution in [0.3, 0.4) is 0 Å². The van der Waals surface area contributed by atoms with Crippen molar-refractivity contribution in [1.82, 2.24) is 0 Å². The molecule has 19 nitrogen and oxygen atoms in total. The van der Waals surface area contributed by atoms with Crippen LogP contribution in [0.2, 0.25) is 0 Å². The van der Waals surface area contributed by atoms with Gasteiger partial charge in [0.2, 0.25) is 0 Å². The first-order valence-electron chi connectivity index (χ1n) is 55.2. The van der Waals surface area contributed by atoms with Crippen molar-refractivity contribution in [1.29, 1.82) is 0 Å². The maximum atomic E-state index is 15.8. The van der Waals surface area contributed by atoms with E-state index in [4.69, 9.17) is 65.7 Å². The topological polar surface area (TPSA) is 226 Å². The van der Waals surface area contributed by atoms with E-state index >= 15 is 13.2 Å². The molecule has 0 spiro atoms. The molecule has 1 atom stereocenters. The van der Waals surface area contributed by atoms with Gasteiger partial charge in [0.15, 0.2) is 0 Å². The Morgan fingerprint density at radius 2 is 0.581 bits per heavy atom. The molecule has 3 heterocycles. The van der Waals surface area contributed by atoms with E-state index in [1.165, 1.54) is 139 Å². The summed E-state index contributed by atoms with van der Waals surface area (Å²) in [6.45, 7) is 42.3. The van der Waals surface area contributed by atoms with Gasteiger partial charge in [0.05, 0.1) is 104 Å². The molecular weight excluding hydrogens is 1870 g/mol. The standard InChI is InChI=1S/C46H63FO7.C44H63FO7.C34H43FO5.C2H6/c1-6-7-8-9-10-11-13-16-26-51-41-23-24-42(43(47)33-41)40-31-38(21-18-28-53-45(48)35(2)3)44(39(32-40)22-19-29-54-46(49)36(4)5)52-27-17-14-12-15-20-37-25-30-50-34-37;1-6-7-8-9-10-11-13-16-25-48-38-23-24-40(41(45)31-38)37-29-35(20-18-27-50-43(46)33(2)3)42(49-26-17-14-12-15-22-39-32-52-39)36(30-37)21-19-28-51-44(47)34(4)5;1-4-5-6-7-8-9-10-11-19-38-30-15-16-31(32(35)23-30)28-14-17-33(40-25-27-18-21-37-24-27)29(22-28)13-12-20-39-34(36)26(2)3;1-2/h23-25,30-34H,2,4,6-22,26-29H2,1,3,5H3;23-24,29-31,39H,2,4,6-22,25-28,32H2,1,3,5H3;14-18,21-24H,2,4-13,19-20,25H2,1,3H3;1-2H3. The van der Waals surface area contributed by atoms with Gasteiger partial charge in [-0.1, -0.05) is 241 Å². The predicted octanol–water partition coefficient (Wildman–Crippen LogP) is 33.0. The van der Waals surface area contributed by atoms with Crippen LogP contribution < -0.4 is 28.4 Å². The number of halogens is 3. The molecule has 0 bridgehead atoms. The summed E-state index contributed by atoms with van der Waals surface area (Å²) in [5.41, 5.74) is 12.1. The van der Waals surface area contributed by atoms with Crippen LogP contribution in [0.5, 0.6) is 34.5 Å². The molecule has 1 fully saturated rings. The molecule has 0 amide bonds. The molecule has 2 aromatic heterocycles. The van der Waals surface area contributed by atoms with Crippen LogP contribution in [0.25, 0.3) is 33.4 Å². The molecule has 22 heteroatoms. The van der Waals surface area contributed by atoms with Crippen molar-refractivity contribution in [3.63, 3.8) is 0 Å². The van der Waals surface area contributed by atoms with E-state index in [0.717, 1.165) is 171 Å². The smallest absolute Gasteiger partial charge is 0.333 e. The summed E-state index contributed by atoms with van der Waals surface area (Å²) in [5.74, 6) is 0.635. The van der Waals surface area contributed by atoms with Gasteiger partial charge in [-0.3, -0.25) is 0 Å². The summed E-state index contributed by atoms with van der Waals surface area (Å²) in [4.78, 5) is 59.8. The average Bonchev–Trinajstić information content (AvgIpc) is 1.52. The van der Waals surface area contributed by atoms with E-state index in [-0.39, 0.29) is 50.5 Å². The van der Waals surface area contributed by atoms with Gasteiger partial charge in [0, 0.05) is 68.3 Å². The zero-order valence-electron chi connectivity index (χ0n) is 91.3. The Morgan fingerprint density at radius 1 is 0.297 bits per heavy atom. The van der Waals surface area contributed by atoms with Crippen LogP contribution in [0.1, 0.15) is 352 Å². The largest absolute Gasteiger partial charge is 0.493 e. The van der Waals surface area contributed by atoms with Crippen molar-refractivity contribution in [2.75, 3.05) is 72.7 Å². The van der Waals surface area contributed by atoms with Gasteiger partial charge in [-0.05, 0) is 285 Å². The van der Waals surface area contributed by atoms with Crippen molar-refractivity contribution >= 4 is 29.8 Å². The Balaban J connectivity index is 0.000000340. The summed E-state index contributed by atoms with van der Waals surface area (Å²) < 4.78 is 126. The highest BCUT2D eigenvalue weighted by molar-refractivity contribution is 5.89. The Bertz CT molecular complexity index is 5070. The summed E-state index contributed by atoms with van der Waals surface area (Å²) >= 11 is 0. The number of benzene rings is 6. The van der Waals surface area contributed by atoms with Crippen LogP contribution in [0.15, 0.2) is 204 Å². The van der Waals surface area contributed by atoms with Gasteiger partial charge in [-0.2, -0.15) is 0 Å². The van der Waals surface area contributed by atoms with E-state index < -0.39 is 29.8 Å². The fraction of sp³-hybridized carbons (Fsp3) is 0.532. The minimum Gasteiger partial charge on any atom is -0.493 e. The first-order valence-corrected chi connectivity index (χ1v) is 55.2. The Morgan fingerprint density at radius 3 is 0.885 bits per heavy atom. The molecule has 1 aliphatic rings. The number of furan rings is 2. The van der Waals surface area contributed by atoms with Crippen molar-refractivity contribution in [3.8, 4) is 67.9 Å². The maximum absolute atomic E-state index is 15.8. The molecule has 0 aliphatic carbocycles.